The Balaban J connectivity index is 2.01. The second-order valence-corrected chi connectivity index (χ2v) is 6.06. The molecule has 1 saturated heterocycles. The zero-order valence-electron chi connectivity index (χ0n) is 13.3. The number of nitrogens with zero attached hydrogens (tertiary/aromatic N) is 1. The molecule has 0 spiro atoms. The number of hydrogen-bond acceptors (Lipinski definition) is 4. The van der Waals surface area contributed by atoms with Crippen molar-refractivity contribution in [2.75, 3.05) is 20.2 Å². The van der Waals surface area contributed by atoms with Gasteiger partial charge in [0.2, 0.25) is 0 Å². The molecule has 5 nitrogen and oxygen atoms in total. The maximum Gasteiger partial charge on any atom is 0.312 e. The molecule has 0 amide bonds. The molecule has 0 aromatic heterocycles. The number of β-amino-alcohol motifs (C(OH)–C–C–N with tert-alkyl or cyclic N) is 1. The van der Waals surface area contributed by atoms with Crippen LogP contribution in [0.15, 0.2) is 24.3 Å². The summed E-state index contributed by atoms with van der Waals surface area (Å²) in [6.07, 6.45) is 0.965. The lowest BCUT2D eigenvalue weighted by Crippen LogP contribution is -2.54. The highest BCUT2D eigenvalue weighted by molar-refractivity contribution is 5.75. The van der Waals surface area contributed by atoms with E-state index in [1.807, 2.05) is 31.2 Å². The molecule has 0 radical (unpaired) electrons. The van der Waals surface area contributed by atoms with Crippen LogP contribution in [0.1, 0.15) is 31.7 Å². The van der Waals surface area contributed by atoms with Crippen molar-refractivity contribution in [3.05, 3.63) is 29.8 Å². The number of piperidine rings is 1. The number of aliphatic hydroxyl groups excluding tert-OH is 1. The molecule has 2 atom stereocenters. The van der Waals surface area contributed by atoms with Gasteiger partial charge >= 0.3 is 5.97 Å². The van der Waals surface area contributed by atoms with E-state index in [2.05, 4.69) is 4.90 Å². The maximum absolute atomic E-state index is 11.6. The van der Waals surface area contributed by atoms with Gasteiger partial charge in [-0.1, -0.05) is 25.5 Å². The third-order valence-corrected chi connectivity index (χ3v) is 4.63. The molecule has 1 aliphatic rings. The van der Waals surface area contributed by atoms with Gasteiger partial charge in [-0.15, -0.1) is 0 Å². The zero-order valence-corrected chi connectivity index (χ0v) is 13.3. The number of hydrogen-bond donors (Lipinski definition) is 2. The summed E-state index contributed by atoms with van der Waals surface area (Å²) >= 11 is 0. The third kappa shape index (κ3) is 3.42. The first-order chi connectivity index (χ1) is 10.5. The van der Waals surface area contributed by atoms with Crippen molar-refractivity contribution in [3.63, 3.8) is 0 Å². The molecule has 1 aliphatic heterocycles. The maximum atomic E-state index is 11.6. The molecule has 5 heteroatoms. The Labute approximate surface area is 131 Å². The summed E-state index contributed by atoms with van der Waals surface area (Å²) in [5.74, 6) is -0.0544. The first kappa shape index (κ1) is 16.8. The van der Waals surface area contributed by atoms with Gasteiger partial charge in [0, 0.05) is 13.1 Å². The Bertz CT molecular complexity index is 502. The minimum atomic E-state index is -0.981. The summed E-state index contributed by atoms with van der Waals surface area (Å²) in [4.78, 5) is 13.7. The molecule has 1 fully saturated rings. The van der Waals surface area contributed by atoms with Crippen LogP contribution in [0, 0.1) is 5.41 Å². The van der Waals surface area contributed by atoms with E-state index in [1.54, 1.807) is 7.11 Å². The number of methoxy groups -OCH3 is 1. The summed E-state index contributed by atoms with van der Waals surface area (Å²) in [7, 11) is 1.63. The molecule has 22 heavy (non-hydrogen) atoms. The van der Waals surface area contributed by atoms with Crippen LogP contribution in [-0.2, 0) is 11.3 Å². The Morgan fingerprint density at radius 1 is 1.41 bits per heavy atom. The van der Waals surface area contributed by atoms with Gasteiger partial charge in [0.1, 0.15) is 5.75 Å². The van der Waals surface area contributed by atoms with Gasteiger partial charge < -0.3 is 14.9 Å². The number of carboxylic acid groups (broad SMARTS) is 1. The Kier molecular flexibility index (Phi) is 5.42. The predicted molar refractivity (Wildman–Crippen MR) is 83.9 cm³/mol. The Morgan fingerprint density at radius 2 is 2.09 bits per heavy atom. The highest BCUT2D eigenvalue weighted by Gasteiger charge is 2.47. The van der Waals surface area contributed by atoms with E-state index in [1.165, 1.54) is 0 Å². The number of likely N-dealkylation sites (tertiary alicyclic amines) is 1. The lowest BCUT2D eigenvalue weighted by atomic mass is 9.73. The molecule has 2 N–H and O–H groups in total. The number of benzene rings is 1. The van der Waals surface area contributed by atoms with Crippen molar-refractivity contribution in [2.45, 2.75) is 38.8 Å². The van der Waals surface area contributed by atoms with Gasteiger partial charge in [-0.3, -0.25) is 9.69 Å². The van der Waals surface area contributed by atoms with Crippen LogP contribution in [0.3, 0.4) is 0 Å². The van der Waals surface area contributed by atoms with Crippen LogP contribution >= 0.6 is 0 Å². The molecule has 0 unspecified atom stereocenters. The van der Waals surface area contributed by atoms with Crippen molar-refractivity contribution in [3.8, 4) is 5.75 Å². The third-order valence-electron chi connectivity index (χ3n) is 4.63. The highest BCUT2D eigenvalue weighted by atomic mass is 16.5. The van der Waals surface area contributed by atoms with Crippen LogP contribution in [-0.4, -0.2) is 47.4 Å². The van der Waals surface area contributed by atoms with E-state index >= 15 is 0 Å². The fraction of sp³-hybridized carbons (Fsp3) is 0.588. The number of carbonyl (C=O) groups is 1. The van der Waals surface area contributed by atoms with E-state index in [-0.39, 0.29) is 0 Å². The fourth-order valence-electron chi connectivity index (χ4n) is 3.26. The second kappa shape index (κ2) is 7.11. The number of carboxylic acids is 1. The molecule has 1 aromatic rings. The summed E-state index contributed by atoms with van der Waals surface area (Å²) in [5, 5.41) is 19.9. The van der Waals surface area contributed by atoms with Crippen LogP contribution in [0.2, 0.25) is 0 Å². The fourth-order valence-corrected chi connectivity index (χ4v) is 3.26. The summed E-state index contributed by atoms with van der Waals surface area (Å²) in [6, 6.07) is 7.81. The largest absolute Gasteiger partial charge is 0.497 e. The molecule has 2 rings (SSSR count). The van der Waals surface area contributed by atoms with Crippen molar-refractivity contribution < 1.29 is 19.7 Å². The van der Waals surface area contributed by atoms with Crippen LogP contribution < -0.4 is 4.74 Å². The standard InChI is InChI=1S/C17H25NO4/c1-3-8-17(16(20)21)9-10-18(12-15(17)19)11-13-4-6-14(22-2)7-5-13/h4-7,15,19H,3,8-12H2,1-2H3,(H,20,21)/t15-,17-/m0/s1. The van der Waals surface area contributed by atoms with Crippen molar-refractivity contribution in [1.82, 2.24) is 4.90 Å². The second-order valence-electron chi connectivity index (χ2n) is 6.06. The van der Waals surface area contributed by atoms with Crippen molar-refractivity contribution in [2.24, 2.45) is 5.41 Å². The minimum Gasteiger partial charge on any atom is -0.497 e. The molecular weight excluding hydrogens is 282 g/mol. The van der Waals surface area contributed by atoms with Crippen molar-refractivity contribution in [1.29, 1.82) is 0 Å². The van der Waals surface area contributed by atoms with Gasteiger partial charge in [0.25, 0.3) is 0 Å². The average molecular weight is 307 g/mol. The molecular formula is C17H25NO4. The first-order valence-corrected chi connectivity index (χ1v) is 7.78. The molecule has 0 aliphatic carbocycles. The van der Waals surface area contributed by atoms with E-state index in [0.717, 1.165) is 17.7 Å². The average Bonchev–Trinajstić information content (AvgIpc) is 2.51. The summed E-state index contributed by atoms with van der Waals surface area (Å²) in [6.45, 7) is 3.76. The Morgan fingerprint density at radius 3 is 2.59 bits per heavy atom. The van der Waals surface area contributed by atoms with Crippen molar-refractivity contribution >= 4 is 5.97 Å². The van der Waals surface area contributed by atoms with Gasteiger partial charge in [-0.25, -0.2) is 0 Å². The number of aliphatic carboxylic acids is 1. The van der Waals surface area contributed by atoms with Gasteiger partial charge in [0.15, 0.2) is 0 Å². The number of rotatable bonds is 6. The van der Waals surface area contributed by atoms with E-state index < -0.39 is 17.5 Å². The highest BCUT2D eigenvalue weighted by Crippen LogP contribution is 2.37. The smallest absolute Gasteiger partial charge is 0.312 e. The zero-order chi connectivity index (χ0) is 16.2. The topological polar surface area (TPSA) is 70.0 Å². The summed E-state index contributed by atoms with van der Waals surface area (Å²) in [5.41, 5.74) is 0.150. The Hall–Kier alpha value is -1.59. The predicted octanol–water partition coefficient (Wildman–Crippen LogP) is 2.13. The SMILES string of the molecule is CCC[C@]1(C(=O)O)CCN(Cc2ccc(OC)cc2)C[C@@H]1O. The first-order valence-electron chi connectivity index (χ1n) is 7.78. The lowest BCUT2D eigenvalue weighted by molar-refractivity contribution is -0.164. The van der Waals surface area contributed by atoms with Crippen LogP contribution in [0.25, 0.3) is 0 Å². The normalized spacial score (nSPS) is 25.9. The van der Waals surface area contributed by atoms with Gasteiger partial charge in [-0.2, -0.15) is 0 Å². The van der Waals surface area contributed by atoms with E-state index in [0.29, 0.717) is 32.5 Å². The quantitative estimate of drug-likeness (QED) is 0.842. The molecule has 0 bridgehead atoms. The molecule has 0 saturated carbocycles. The van der Waals surface area contributed by atoms with Gasteiger partial charge in [-0.05, 0) is 37.1 Å². The molecule has 122 valence electrons. The van der Waals surface area contributed by atoms with E-state index in [9.17, 15) is 15.0 Å². The summed E-state index contributed by atoms with van der Waals surface area (Å²) < 4.78 is 5.14. The molecule has 1 heterocycles. The van der Waals surface area contributed by atoms with Crippen LogP contribution in [0.5, 0.6) is 5.75 Å². The van der Waals surface area contributed by atoms with Crippen LogP contribution in [0.4, 0.5) is 0 Å². The van der Waals surface area contributed by atoms with E-state index in [4.69, 9.17) is 4.74 Å². The number of aliphatic hydroxyl groups is 1. The number of ether oxygens (including phenoxy) is 1. The lowest BCUT2D eigenvalue weighted by Gasteiger charge is -2.42. The molecule has 1 aromatic carbocycles. The minimum absolute atomic E-state index is 0.401. The van der Waals surface area contributed by atoms with Gasteiger partial charge in [0.05, 0.1) is 18.6 Å². The monoisotopic (exact) mass is 307 g/mol.